The van der Waals surface area contributed by atoms with Crippen molar-refractivity contribution >= 4 is 57.9 Å². The summed E-state index contributed by atoms with van der Waals surface area (Å²) in [4.78, 5) is 26.8. The predicted octanol–water partition coefficient (Wildman–Crippen LogP) is 6.81. The van der Waals surface area contributed by atoms with Gasteiger partial charge < -0.3 is 4.74 Å². The van der Waals surface area contributed by atoms with E-state index >= 15 is 0 Å². The summed E-state index contributed by atoms with van der Waals surface area (Å²) in [5.74, 6) is 0.197. The number of amides is 2. The van der Waals surface area contributed by atoms with Gasteiger partial charge in [0.25, 0.3) is 11.1 Å². The van der Waals surface area contributed by atoms with E-state index in [1.54, 1.807) is 42.5 Å². The molecule has 3 aromatic rings. The highest BCUT2D eigenvalue weighted by Gasteiger charge is 2.37. The van der Waals surface area contributed by atoms with Crippen molar-refractivity contribution in [3.8, 4) is 5.75 Å². The molecule has 1 saturated heterocycles. The Bertz CT molecular complexity index is 1150. The molecule has 0 spiro atoms. The lowest BCUT2D eigenvalue weighted by molar-refractivity contribution is -0.113. The van der Waals surface area contributed by atoms with Crippen LogP contribution in [0.15, 0.2) is 77.7 Å². The predicted molar refractivity (Wildman–Crippen MR) is 122 cm³/mol. The zero-order valence-electron chi connectivity index (χ0n) is 15.5. The summed E-state index contributed by atoms with van der Waals surface area (Å²) in [5.41, 5.74) is 2.04. The summed E-state index contributed by atoms with van der Waals surface area (Å²) < 4.78 is 5.94. The average molecular weight is 456 g/mol. The van der Waals surface area contributed by atoms with Crippen LogP contribution in [-0.4, -0.2) is 11.1 Å². The highest BCUT2D eigenvalue weighted by atomic mass is 35.5. The number of rotatable bonds is 5. The molecule has 0 N–H and O–H groups in total. The van der Waals surface area contributed by atoms with Crippen LogP contribution in [0.1, 0.15) is 11.1 Å². The van der Waals surface area contributed by atoms with E-state index in [9.17, 15) is 9.59 Å². The van der Waals surface area contributed by atoms with E-state index in [0.717, 1.165) is 22.2 Å². The summed E-state index contributed by atoms with van der Waals surface area (Å²) in [5, 5.41) is 0.611. The third-order valence-corrected chi connectivity index (χ3v) is 5.84. The van der Waals surface area contributed by atoms with Gasteiger partial charge in [0.15, 0.2) is 0 Å². The van der Waals surface area contributed by atoms with Crippen molar-refractivity contribution in [2.75, 3.05) is 4.90 Å². The summed E-state index contributed by atoms with van der Waals surface area (Å²) in [6.45, 7) is 0.350. The van der Waals surface area contributed by atoms with Crippen LogP contribution in [0.4, 0.5) is 10.5 Å². The topological polar surface area (TPSA) is 46.6 Å². The highest BCUT2D eigenvalue weighted by Crippen LogP contribution is 2.39. The molecule has 7 heteroatoms. The lowest BCUT2D eigenvalue weighted by Crippen LogP contribution is -2.27. The number of hydrogen-bond donors (Lipinski definition) is 0. The van der Waals surface area contributed by atoms with Crippen molar-refractivity contribution in [1.82, 2.24) is 0 Å². The molecule has 2 amide bonds. The number of hydrogen-bond acceptors (Lipinski definition) is 4. The Morgan fingerprint density at radius 3 is 2.37 bits per heavy atom. The Morgan fingerprint density at radius 2 is 1.60 bits per heavy atom. The molecular formula is C23H15Cl2NO3S. The van der Waals surface area contributed by atoms with Gasteiger partial charge in [0, 0.05) is 10.6 Å². The lowest BCUT2D eigenvalue weighted by atomic mass is 10.1. The molecule has 4 nitrogen and oxygen atoms in total. The van der Waals surface area contributed by atoms with Crippen LogP contribution in [0.2, 0.25) is 10.0 Å². The molecule has 0 radical (unpaired) electrons. The van der Waals surface area contributed by atoms with Crippen LogP contribution < -0.4 is 9.64 Å². The summed E-state index contributed by atoms with van der Waals surface area (Å²) >= 11 is 13.0. The second-order valence-corrected chi connectivity index (χ2v) is 8.26. The van der Waals surface area contributed by atoms with Crippen LogP contribution in [0.5, 0.6) is 5.75 Å². The first kappa shape index (κ1) is 20.5. The fourth-order valence-electron chi connectivity index (χ4n) is 2.92. The molecule has 150 valence electrons. The van der Waals surface area contributed by atoms with Gasteiger partial charge >= 0.3 is 0 Å². The molecule has 0 atom stereocenters. The Labute approximate surface area is 188 Å². The zero-order chi connectivity index (χ0) is 21.1. The number of nitrogens with zero attached hydrogens (tertiary/aromatic N) is 1. The minimum absolute atomic E-state index is 0.308. The first-order valence-corrected chi connectivity index (χ1v) is 10.6. The molecule has 1 aliphatic heterocycles. The maximum absolute atomic E-state index is 12.9. The molecule has 3 aromatic carbocycles. The average Bonchev–Trinajstić information content (AvgIpc) is 3.02. The summed E-state index contributed by atoms with van der Waals surface area (Å²) in [7, 11) is 0. The van der Waals surface area contributed by atoms with Gasteiger partial charge in [0.05, 0.1) is 15.6 Å². The van der Waals surface area contributed by atoms with Crippen molar-refractivity contribution in [2.24, 2.45) is 0 Å². The second-order valence-electron chi connectivity index (χ2n) is 6.42. The molecule has 1 fully saturated rings. The van der Waals surface area contributed by atoms with Crippen molar-refractivity contribution in [3.63, 3.8) is 0 Å². The Hall–Kier alpha value is -2.73. The van der Waals surface area contributed by atoms with E-state index in [0.29, 0.717) is 38.6 Å². The van der Waals surface area contributed by atoms with Gasteiger partial charge in [-0.05, 0) is 53.7 Å². The fraction of sp³-hybridized carbons (Fsp3) is 0.0435. The van der Waals surface area contributed by atoms with Gasteiger partial charge in [-0.2, -0.15) is 0 Å². The Kier molecular flexibility index (Phi) is 6.13. The van der Waals surface area contributed by atoms with E-state index in [2.05, 4.69) is 0 Å². The fourth-order valence-corrected chi connectivity index (χ4v) is 4.09. The van der Waals surface area contributed by atoms with Gasteiger partial charge in [0.1, 0.15) is 12.4 Å². The molecule has 0 unspecified atom stereocenters. The Morgan fingerprint density at radius 1 is 0.900 bits per heavy atom. The van der Waals surface area contributed by atoms with Crippen LogP contribution in [0, 0.1) is 0 Å². The van der Waals surface area contributed by atoms with Crippen LogP contribution in [0.25, 0.3) is 6.08 Å². The number of carbonyl (C=O) groups excluding carboxylic acids is 2. The number of para-hydroxylation sites is 2. The number of thioether (sulfide) groups is 1. The first-order chi connectivity index (χ1) is 14.5. The maximum Gasteiger partial charge on any atom is 0.298 e. The number of ether oxygens (including phenoxy) is 1. The van der Waals surface area contributed by atoms with Crippen LogP contribution >= 0.6 is 35.0 Å². The standard InChI is InChI=1S/C23H15Cl2NO3S/c24-17-11-9-15(10-12-17)14-29-20-8-4-1-5-16(20)13-21-22(27)26(23(28)30-21)19-7-3-2-6-18(19)25/h1-13H,14H2/b21-13-. The van der Waals surface area contributed by atoms with Crippen LogP contribution in [-0.2, 0) is 11.4 Å². The van der Waals surface area contributed by atoms with E-state index in [1.807, 2.05) is 36.4 Å². The Balaban J connectivity index is 1.58. The van der Waals surface area contributed by atoms with E-state index in [-0.39, 0.29) is 5.24 Å². The van der Waals surface area contributed by atoms with Gasteiger partial charge in [-0.25, -0.2) is 4.90 Å². The minimum atomic E-state index is -0.411. The molecular weight excluding hydrogens is 441 g/mol. The second kappa shape index (κ2) is 8.96. The number of benzene rings is 3. The van der Waals surface area contributed by atoms with E-state index in [1.165, 1.54) is 0 Å². The van der Waals surface area contributed by atoms with E-state index in [4.69, 9.17) is 27.9 Å². The first-order valence-electron chi connectivity index (χ1n) is 9.02. The third-order valence-electron chi connectivity index (χ3n) is 4.40. The molecule has 4 rings (SSSR count). The smallest absolute Gasteiger partial charge is 0.298 e. The molecule has 1 heterocycles. The quantitative estimate of drug-likeness (QED) is 0.396. The molecule has 1 aliphatic rings. The SMILES string of the molecule is O=C1S/C(=C\c2ccccc2OCc2ccc(Cl)cc2)C(=O)N1c1ccccc1Cl. The van der Waals surface area contributed by atoms with Crippen molar-refractivity contribution in [1.29, 1.82) is 0 Å². The monoisotopic (exact) mass is 455 g/mol. The van der Waals surface area contributed by atoms with Gasteiger partial charge in [-0.1, -0.05) is 65.7 Å². The maximum atomic E-state index is 12.9. The number of carbonyl (C=O) groups is 2. The lowest BCUT2D eigenvalue weighted by Gasteiger charge is -2.13. The molecule has 0 aliphatic carbocycles. The molecule has 0 aromatic heterocycles. The summed E-state index contributed by atoms with van der Waals surface area (Å²) in [6, 6.07) is 21.5. The molecule has 30 heavy (non-hydrogen) atoms. The number of halogens is 2. The molecule has 0 bridgehead atoms. The zero-order valence-corrected chi connectivity index (χ0v) is 17.9. The summed E-state index contributed by atoms with van der Waals surface area (Å²) in [6.07, 6.45) is 1.67. The van der Waals surface area contributed by atoms with E-state index < -0.39 is 5.91 Å². The van der Waals surface area contributed by atoms with Crippen molar-refractivity contribution in [2.45, 2.75) is 6.61 Å². The largest absolute Gasteiger partial charge is 0.488 e. The highest BCUT2D eigenvalue weighted by molar-refractivity contribution is 8.19. The van der Waals surface area contributed by atoms with Gasteiger partial charge in [-0.15, -0.1) is 0 Å². The normalized spacial score (nSPS) is 15.1. The van der Waals surface area contributed by atoms with Crippen LogP contribution in [0.3, 0.4) is 0 Å². The van der Waals surface area contributed by atoms with Gasteiger partial charge in [0.2, 0.25) is 0 Å². The van der Waals surface area contributed by atoms with Gasteiger partial charge in [-0.3, -0.25) is 9.59 Å². The minimum Gasteiger partial charge on any atom is -0.488 e. The third kappa shape index (κ3) is 4.38. The number of imide groups is 1. The van der Waals surface area contributed by atoms with Crippen molar-refractivity contribution < 1.29 is 14.3 Å². The van der Waals surface area contributed by atoms with Crippen molar-refractivity contribution in [3.05, 3.63) is 98.9 Å². The number of anilines is 1. The molecule has 0 saturated carbocycles.